The first-order valence-electron chi connectivity index (χ1n) is 6.26. The van der Waals surface area contributed by atoms with E-state index in [9.17, 15) is 5.11 Å². The number of nitrogens with one attached hydrogen (secondary N) is 2. The lowest BCUT2D eigenvalue weighted by Gasteiger charge is -2.15. The van der Waals surface area contributed by atoms with Gasteiger partial charge in [0.1, 0.15) is 0 Å². The molecule has 1 heterocycles. The number of guanidine groups is 1. The second-order valence-corrected chi connectivity index (χ2v) is 4.32. The van der Waals surface area contributed by atoms with E-state index in [1.165, 1.54) is 0 Å². The summed E-state index contributed by atoms with van der Waals surface area (Å²) in [5, 5.41) is 16.3. The average Bonchev–Trinajstić information content (AvgIpc) is 2.36. The van der Waals surface area contributed by atoms with Gasteiger partial charge in [-0.2, -0.15) is 0 Å². The van der Waals surface area contributed by atoms with Gasteiger partial charge in [0.2, 0.25) is 0 Å². The summed E-state index contributed by atoms with van der Waals surface area (Å²) in [5.74, 6) is 0.723. The highest BCUT2D eigenvalue weighted by Gasteiger charge is 2.07. The third-order valence-corrected chi connectivity index (χ3v) is 2.28. The molecule has 0 aromatic carbocycles. The van der Waals surface area contributed by atoms with Crippen molar-refractivity contribution < 1.29 is 5.11 Å². The smallest absolute Gasteiger partial charge is 0.191 e. The maximum absolute atomic E-state index is 9.98. The molecule has 0 aliphatic carbocycles. The summed E-state index contributed by atoms with van der Waals surface area (Å²) in [6.07, 6.45) is 2.73. The summed E-state index contributed by atoms with van der Waals surface area (Å²) in [5.41, 5.74) is 0.828. The largest absolute Gasteiger partial charge is 0.386 e. The number of aliphatic hydroxyl groups is 1. The van der Waals surface area contributed by atoms with E-state index in [-0.39, 0.29) is 0 Å². The maximum atomic E-state index is 9.98. The number of aliphatic hydroxyl groups excluding tert-OH is 1. The van der Waals surface area contributed by atoms with Crippen molar-refractivity contribution in [2.75, 3.05) is 13.1 Å². The van der Waals surface area contributed by atoms with Gasteiger partial charge < -0.3 is 15.7 Å². The molecule has 0 bridgehead atoms. The minimum atomic E-state index is -0.601. The van der Waals surface area contributed by atoms with E-state index in [1.807, 2.05) is 20.8 Å². The molecule has 3 N–H and O–H groups in total. The Bertz CT molecular complexity index is 365. The summed E-state index contributed by atoms with van der Waals surface area (Å²) in [6.45, 7) is 7.23. The zero-order valence-corrected chi connectivity index (χ0v) is 11.2. The fourth-order valence-corrected chi connectivity index (χ4v) is 1.46. The normalized spacial score (nSPS) is 13.5. The number of nitrogens with zero attached hydrogens (tertiary/aromatic N) is 2. The van der Waals surface area contributed by atoms with Crippen LogP contribution in [0.1, 0.15) is 32.4 Å². The lowest BCUT2D eigenvalue weighted by molar-refractivity contribution is 0.187. The standard InChI is InChI=1S/C13H22N4O/c1-4-15-13(17-10(2)3)16-9-12(18)11-5-7-14-8-6-11/h5-8,10,12,18H,4,9H2,1-3H3,(H2,15,16,17). The molecule has 5 heteroatoms. The van der Waals surface area contributed by atoms with Crippen LogP contribution < -0.4 is 10.6 Å². The minimum Gasteiger partial charge on any atom is -0.386 e. The van der Waals surface area contributed by atoms with Crippen molar-refractivity contribution in [3.8, 4) is 0 Å². The van der Waals surface area contributed by atoms with Crippen molar-refractivity contribution in [2.24, 2.45) is 4.99 Å². The predicted octanol–water partition coefficient (Wildman–Crippen LogP) is 1.08. The number of hydrogen-bond donors (Lipinski definition) is 3. The Hall–Kier alpha value is -1.62. The van der Waals surface area contributed by atoms with Gasteiger partial charge in [0.25, 0.3) is 0 Å². The zero-order chi connectivity index (χ0) is 13.4. The van der Waals surface area contributed by atoms with Crippen molar-refractivity contribution in [1.82, 2.24) is 15.6 Å². The number of rotatable bonds is 5. The first-order chi connectivity index (χ1) is 8.63. The Morgan fingerprint density at radius 3 is 2.61 bits per heavy atom. The Morgan fingerprint density at radius 2 is 2.06 bits per heavy atom. The molecule has 1 atom stereocenters. The van der Waals surface area contributed by atoms with Gasteiger partial charge in [0, 0.05) is 25.0 Å². The maximum Gasteiger partial charge on any atom is 0.191 e. The Kier molecular flexibility index (Phi) is 6.14. The van der Waals surface area contributed by atoms with Gasteiger partial charge in [-0.1, -0.05) is 0 Å². The van der Waals surface area contributed by atoms with E-state index >= 15 is 0 Å². The summed E-state index contributed by atoms with van der Waals surface area (Å²) < 4.78 is 0. The Labute approximate surface area is 108 Å². The molecule has 0 aliphatic heterocycles. The molecule has 5 nitrogen and oxygen atoms in total. The van der Waals surface area contributed by atoms with Gasteiger partial charge in [-0.3, -0.25) is 9.98 Å². The average molecular weight is 250 g/mol. The Balaban J connectivity index is 2.59. The third kappa shape index (κ3) is 5.14. The molecule has 0 saturated heterocycles. The lowest BCUT2D eigenvalue weighted by Crippen LogP contribution is -2.41. The zero-order valence-electron chi connectivity index (χ0n) is 11.2. The third-order valence-electron chi connectivity index (χ3n) is 2.28. The number of hydrogen-bond acceptors (Lipinski definition) is 3. The predicted molar refractivity (Wildman–Crippen MR) is 73.4 cm³/mol. The quantitative estimate of drug-likeness (QED) is 0.540. The number of pyridine rings is 1. The van der Waals surface area contributed by atoms with Crippen molar-refractivity contribution in [3.63, 3.8) is 0 Å². The van der Waals surface area contributed by atoms with Crippen LogP contribution in [-0.2, 0) is 0 Å². The molecule has 0 fully saturated rings. The highest BCUT2D eigenvalue weighted by molar-refractivity contribution is 5.80. The molecule has 0 spiro atoms. The number of aromatic nitrogens is 1. The van der Waals surface area contributed by atoms with Gasteiger partial charge in [-0.15, -0.1) is 0 Å². The SMILES string of the molecule is CCNC(=NCC(O)c1ccncc1)NC(C)C. The minimum absolute atomic E-state index is 0.306. The van der Waals surface area contributed by atoms with E-state index in [0.29, 0.717) is 12.6 Å². The first kappa shape index (κ1) is 14.4. The topological polar surface area (TPSA) is 69.5 Å². The molecule has 1 unspecified atom stereocenters. The van der Waals surface area contributed by atoms with E-state index < -0.39 is 6.10 Å². The highest BCUT2D eigenvalue weighted by Crippen LogP contribution is 2.10. The summed E-state index contributed by atoms with van der Waals surface area (Å²) in [7, 11) is 0. The highest BCUT2D eigenvalue weighted by atomic mass is 16.3. The van der Waals surface area contributed by atoms with Crippen LogP contribution in [0.2, 0.25) is 0 Å². The molecular weight excluding hydrogens is 228 g/mol. The number of aliphatic imine (C=N–C) groups is 1. The van der Waals surface area contributed by atoms with E-state index in [0.717, 1.165) is 18.1 Å². The van der Waals surface area contributed by atoms with Crippen molar-refractivity contribution in [2.45, 2.75) is 32.9 Å². The fraction of sp³-hybridized carbons (Fsp3) is 0.538. The van der Waals surface area contributed by atoms with E-state index in [1.54, 1.807) is 24.5 Å². The van der Waals surface area contributed by atoms with Crippen molar-refractivity contribution in [1.29, 1.82) is 0 Å². The summed E-state index contributed by atoms with van der Waals surface area (Å²) in [6, 6.07) is 3.90. The van der Waals surface area contributed by atoms with E-state index in [4.69, 9.17) is 0 Å². The second kappa shape index (κ2) is 7.66. The first-order valence-corrected chi connectivity index (χ1v) is 6.26. The molecule has 1 aromatic rings. The van der Waals surface area contributed by atoms with Gasteiger partial charge in [0.05, 0.1) is 12.6 Å². The summed E-state index contributed by atoms with van der Waals surface area (Å²) in [4.78, 5) is 8.27. The Morgan fingerprint density at radius 1 is 1.39 bits per heavy atom. The van der Waals surface area contributed by atoms with Crippen molar-refractivity contribution in [3.05, 3.63) is 30.1 Å². The van der Waals surface area contributed by atoms with Crippen LogP contribution in [0, 0.1) is 0 Å². The molecule has 100 valence electrons. The molecule has 18 heavy (non-hydrogen) atoms. The van der Waals surface area contributed by atoms with Crippen LogP contribution in [0.5, 0.6) is 0 Å². The monoisotopic (exact) mass is 250 g/mol. The molecular formula is C13H22N4O. The molecule has 0 amide bonds. The lowest BCUT2D eigenvalue weighted by atomic mass is 10.1. The van der Waals surface area contributed by atoms with Crippen LogP contribution in [0.25, 0.3) is 0 Å². The molecule has 0 saturated carbocycles. The van der Waals surface area contributed by atoms with Crippen LogP contribution in [-0.4, -0.2) is 35.2 Å². The summed E-state index contributed by atoms with van der Waals surface area (Å²) >= 11 is 0. The molecule has 0 aliphatic rings. The second-order valence-electron chi connectivity index (χ2n) is 4.32. The van der Waals surface area contributed by atoms with Gasteiger partial charge >= 0.3 is 0 Å². The van der Waals surface area contributed by atoms with Gasteiger partial charge in [-0.05, 0) is 38.5 Å². The molecule has 1 rings (SSSR count). The van der Waals surface area contributed by atoms with E-state index in [2.05, 4.69) is 20.6 Å². The molecule has 0 radical (unpaired) electrons. The fourth-order valence-electron chi connectivity index (χ4n) is 1.46. The van der Waals surface area contributed by atoms with Gasteiger partial charge in [-0.25, -0.2) is 0 Å². The van der Waals surface area contributed by atoms with Crippen LogP contribution in [0.4, 0.5) is 0 Å². The van der Waals surface area contributed by atoms with Crippen LogP contribution >= 0.6 is 0 Å². The van der Waals surface area contributed by atoms with Crippen LogP contribution in [0.15, 0.2) is 29.5 Å². The molecule has 1 aromatic heterocycles. The van der Waals surface area contributed by atoms with Gasteiger partial charge in [0.15, 0.2) is 5.96 Å². The van der Waals surface area contributed by atoms with Crippen LogP contribution in [0.3, 0.4) is 0 Å². The van der Waals surface area contributed by atoms with Crippen molar-refractivity contribution >= 4 is 5.96 Å².